The van der Waals surface area contributed by atoms with Crippen molar-refractivity contribution in [3.05, 3.63) is 28.8 Å². The second-order valence-corrected chi connectivity index (χ2v) is 7.97. The molecule has 1 heterocycles. The van der Waals surface area contributed by atoms with Crippen molar-refractivity contribution in [2.75, 3.05) is 20.8 Å². The zero-order valence-corrected chi connectivity index (χ0v) is 18.0. The maximum atomic E-state index is 13.0. The van der Waals surface area contributed by atoms with E-state index >= 15 is 0 Å². The van der Waals surface area contributed by atoms with Gasteiger partial charge in [0.05, 0.1) is 26.5 Å². The van der Waals surface area contributed by atoms with Gasteiger partial charge < -0.3 is 19.5 Å². The van der Waals surface area contributed by atoms with E-state index < -0.39 is 5.54 Å². The van der Waals surface area contributed by atoms with Crippen LogP contribution in [0.1, 0.15) is 48.0 Å². The van der Waals surface area contributed by atoms with Gasteiger partial charge in [0.25, 0.3) is 5.91 Å². The van der Waals surface area contributed by atoms with Crippen LogP contribution in [0.2, 0.25) is 0 Å². The van der Waals surface area contributed by atoms with E-state index in [1.165, 1.54) is 11.3 Å². The van der Waals surface area contributed by atoms with E-state index in [2.05, 4.69) is 10.3 Å². The van der Waals surface area contributed by atoms with Gasteiger partial charge in [-0.05, 0) is 44.9 Å². The lowest BCUT2D eigenvalue weighted by molar-refractivity contribution is -0.150. The van der Waals surface area contributed by atoms with Crippen LogP contribution in [0, 0.1) is 6.92 Å². The molecule has 0 saturated heterocycles. The number of carbonyl (C=O) groups excluding carboxylic acids is 2. The molecule has 0 radical (unpaired) electrons. The van der Waals surface area contributed by atoms with Crippen molar-refractivity contribution in [3.63, 3.8) is 0 Å². The van der Waals surface area contributed by atoms with Crippen LogP contribution < -0.4 is 14.8 Å². The van der Waals surface area contributed by atoms with Crippen LogP contribution in [0.15, 0.2) is 18.2 Å². The smallest absolute Gasteiger partial charge is 0.331 e. The summed E-state index contributed by atoms with van der Waals surface area (Å²) in [5.74, 6) is 0.575. The molecule has 1 fully saturated rings. The molecule has 3 rings (SSSR count). The number of aryl methyl sites for hydroxylation is 1. The van der Waals surface area contributed by atoms with Crippen LogP contribution in [0.25, 0.3) is 10.6 Å². The van der Waals surface area contributed by atoms with Crippen LogP contribution in [0.3, 0.4) is 0 Å². The first-order chi connectivity index (χ1) is 13.9. The second kappa shape index (κ2) is 8.82. The second-order valence-electron chi connectivity index (χ2n) is 6.97. The maximum absolute atomic E-state index is 13.0. The number of aromatic nitrogens is 1. The number of thiazole rings is 1. The minimum Gasteiger partial charge on any atom is -0.493 e. The number of rotatable bonds is 7. The molecule has 1 aliphatic rings. The van der Waals surface area contributed by atoms with Gasteiger partial charge in [-0.15, -0.1) is 11.3 Å². The van der Waals surface area contributed by atoms with Crippen molar-refractivity contribution in [3.8, 4) is 22.1 Å². The van der Waals surface area contributed by atoms with Gasteiger partial charge in [0.1, 0.15) is 15.4 Å². The first-order valence-corrected chi connectivity index (χ1v) is 10.4. The summed E-state index contributed by atoms with van der Waals surface area (Å²) in [4.78, 5) is 30.6. The number of amides is 1. The predicted molar refractivity (Wildman–Crippen MR) is 111 cm³/mol. The summed E-state index contributed by atoms with van der Waals surface area (Å²) in [5.41, 5.74) is 0.512. The lowest BCUT2D eigenvalue weighted by Gasteiger charge is -2.27. The lowest BCUT2D eigenvalue weighted by atomic mass is 9.97. The highest BCUT2D eigenvalue weighted by Gasteiger charge is 2.44. The topological polar surface area (TPSA) is 86.8 Å². The molecule has 1 aromatic carbocycles. The van der Waals surface area contributed by atoms with Crippen molar-refractivity contribution in [1.82, 2.24) is 10.3 Å². The molecule has 1 saturated carbocycles. The van der Waals surface area contributed by atoms with Crippen LogP contribution in [0.4, 0.5) is 0 Å². The van der Waals surface area contributed by atoms with E-state index in [4.69, 9.17) is 14.2 Å². The molecule has 0 bridgehead atoms. The standard InChI is InChI=1S/C21H26N2O5S/c1-5-28-20(25)21(10-6-7-11-21)23-18(24)17-13(2)22-19(29-17)14-8-9-15(26-3)16(12-14)27-4/h8-9,12H,5-7,10-11H2,1-4H3,(H,23,24). The van der Waals surface area contributed by atoms with Gasteiger partial charge in [0, 0.05) is 5.56 Å². The molecular weight excluding hydrogens is 392 g/mol. The van der Waals surface area contributed by atoms with E-state index in [0.717, 1.165) is 18.4 Å². The first kappa shape index (κ1) is 21.1. The van der Waals surface area contributed by atoms with Crippen LogP contribution in [0.5, 0.6) is 11.5 Å². The molecule has 0 atom stereocenters. The summed E-state index contributed by atoms with van der Waals surface area (Å²) in [6, 6.07) is 5.51. The molecule has 156 valence electrons. The van der Waals surface area contributed by atoms with Gasteiger partial charge in [-0.2, -0.15) is 0 Å². The number of methoxy groups -OCH3 is 2. The van der Waals surface area contributed by atoms with E-state index in [1.807, 2.05) is 12.1 Å². The SMILES string of the molecule is CCOC(=O)C1(NC(=O)c2sc(-c3ccc(OC)c(OC)c3)nc2C)CCCC1. The predicted octanol–water partition coefficient (Wildman–Crippen LogP) is 3.74. The number of ether oxygens (including phenoxy) is 3. The summed E-state index contributed by atoms with van der Waals surface area (Å²) >= 11 is 1.29. The fourth-order valence-corrected chi connectivity index (χ4v) is 4.56. The Kier molecular flexibility index (Phi) is 6.42. The highest BCUT2D eigenvalue weighted by atomic mass is 32.1. The molecule has 1 N–H and O–H groups in total. The van der Waals surface area contributed by atoms with Crippen molar-refractivity contribution >= 4 is 23.2 Å². The zero-order valence-electron chi connectivity index (χ0n) is 17.2. The summed E-state index contributed by atoms with van der Waals surface area (Å²) < 4.78 is 15.9. The van der Waals surface area contributed by atoms with Crippen LogP contribution in [-0.4, -0.2) is 43.2 Å². The first-order valence-electron chi connectivity index (χ1n) is 9.63. The molecule has 29 heavy (non-hydrogen) atoms. The Morgan fingerprint density at radius 1 is 1.17 bits per heavy atom. The minimum atomic E-state index is -0.937. The molecule has 1 aromatic heterocycles. The molecule has 0 aliphatic heterocycles. The monoisotopic (exact) mass is 418 g/mol. The van der Waals surface area contributed by atoms with Gasteiger partial charge in [0.15, 0.2) is 11.5 Å². The van der Waals surface area contributed by atoms with Gasteiger partial charge in [-0.1, -0.05) is 12.8 Å². The number of hydrogen-bond acceptors (Lipinski definition) is 7. The number of carbonyl (C=O) groups is 2. The van der Waals surface area contributed by atoms with Gasteiger partial charge in [0.2, 0.25) is 0 Å². The average molecular weight is 419 g/mol. The Morgan fingerprint density at radius 2 is 1.86 bits per heavy atom. The average Bonchev–Trinajstić information content (AvgIpc) is 3.35. The summed E-state index contributed by atoms with van der Waals surface area (Å²) in [7, 11) is 3.15. The van der Waals surface area contributed by atoms with Crippen molar-refractivity contribution in [2.45, 2.75) is 45.1 Å². The minimum absolute atomic E-state index is 0.290. The van der Waals surface area contributed by atoms with Crippen molar-refractivity contribution in [1.29, 1.82) is 0 Å². The molecule has 8 heteroatoms. The zero-order chi connectivity index (χ0) is 21.0. The molecule has 1 aliphatic carbocycles. The summed E-state index contributed by atoms with van der Waals surface area (Å²) in [6.45, 7) is 3.85. The normalized spacial score (nSPS) is 15.0. The molecular formula is C21H26N2O5S. The number of nitrogens with zero attached hydrogens (tertiary/aromatic N) is 1. The van der Waals surface area contributed by atoms with Crippen molar-refractivity contribution in [2.24, 2.45) is 0 Å². The molecule has 7 nitrogen and oxygen atoms in total. The van der Waals surface area contributed by atoms with Gasteiger partial charge >= 0.3 is 5.97 Å². The Morgan fingerprint density at radius 3 is 2.48 bits per heavy atom. The number of hydrogen-bond donors (Lipinski definition) is 1. The highest BCUT2D eigenvalue weighted by Crippen LogP contribution is 2.36. The maximum Gasteiger partial charge on any atom is 0.331 e. The third kappa shape index (κ3) is 4.22. The van der Waals surface area contributed by atoms with E-state index in [1.54, 1.807) is 34.1 Å². The van der Waals surface area contributed by atoms with Crippen molar-refractivity contribution < 1.29 is 23.8 Å². The summed E-state index contributed by atoms with van der Waals surface area (Å²) in [5, 5.41) is 3.65. The highest BCUT2D eigenvalue weighted by molar-refractivity contribution is 7.17. The van der Waals surface area contributed by atoms with E-state index in [0.29, 0.717) is 46.5 Å². The van der Waals surface area contributed by atoms with Crippen LogP contribution in [-0.2, 0) is 9.53 Å². The quantitative estimate of drug-likeness (QED) is 0.690. The third-order valence-electron chi connectivity index (χ3n) is 5.11. The van der Waals surface area contributed by atoms with Crippen LogP contribution >= 0.6 is 11.3 Å². The number of nitrogens with one attached hydrogen (secondary N) is 1. The molecule has 0 spiro atoms. The Hall–Kier alpha value is -2.61. The fourth-order valence-electron chi connectivity index (χ4n) is 3.60. The molecule has 1 amide bonds. The Balaban J connectivity index is 1.86. The third-order valence-corrected chi connectivity index (χ3v) is 6.31. The molecule has 0 unspecified atom stereocenters. The molecule has 2 aromatic rings. The largest absolute Gasteiger partial charge is 0.493 e. The van der Waals surface area contributed by atoms with E-state index in [9.17, 15) is 9.59 Å². The van der Waals surface area contributed by atoms with Gasteiger partial charge in [-0.3, -0.25) is 4.79 Å². The lowest BCUT2D eigenvalue weighted by Crippen LogP contribution is -2.53. The van der Waals surface area contributed by atoms with E-state index in [-0.39, 0.29) is 11.9 Å². The Bertz CT molecular complexity index is 902. The Labute approximate surface area is 174 Å². The van der Waals surface area contributed by atoms with Gasteiger partial charge in [-0.25, -0.2) is 9.78 Å². The number of benzene rings is 1. The summed E-state index contributed by atoms with van der Waals surface area (Å²) in [6.07, 6.45) is 2.96. The number of esters is 1. The fraction of sp³-hybridized carbons (Fsp3) is 0.476.